The number of aryl methyl sites for hydroxylation is 2. The zero-order chi connectivity index (χ0) is 22.9. The highest BCUT2D eigenvalue weighted by atomic mass is 32.2. The second-order valence-corrected chi connectivity index (χ2v) is 9.94. The molecule has 1 aliphatic heterocycles. The number of piperidine rings is 1. The van der Waals surface area contributed by atoms with Gasteiger partial charge in [0.25, 0.3) is 0 Å². The topological polar surface area (TPSA) is 107 Å². The molecule has 1 aromatic carbocycles. The van der Waals surface area contributed by atoms with Crippen molar-refractivity contribution in [2.24, 2.45) is 5.92 Å². The number of hydrogen-bond donors (Lipinski definition) is 0. The molecule has 0 radical (unpaired) electrons. The summed E-state index contributed by atoms with van der Waals surface area (Å²) in [5.41, 5.74) is 2.59. The van der Waals surface area contributed by atoms with Crippen molar-refractivity contribution >= 4 is 27.0 Å². The molecular weight excluding hydrogens is 432 g/mol. The van der Waals surface area contributed by atoms with Gasteiger partial charge in [0.15, 0.2) is 0 Å². The van der Waals surface area contributed by atoms with Crippen molar-refractivity contribution in [2.75, 3.05) is 13.1 Å². The molecule has 3 aromatic rings. The van der Waals surface area contributed by atoms with Crippen LogP contribution in [0.15, 0.2) is 56.8 Å². The summed E-state index contributed by atoms with van der Waals surface area (Å²) in [4.78, 5) is 28.6. The van der Waals surface area contributed by atoms with Crippen molar-refractivity contribution in [2.45, 2.75) is 38.2 Å². The lowest BCUT2D eigenvalue weighted by Crippen LogP contribution is -2.40. The minimum Gasteiger partial charge on any atom is -0.461 e. The number of benzene rings is 1. The summed E-state index contributed by atoms with van der Waals surface area (Å²) in [5, 5.41) is 0.734. The first-order chi connectivity index (χ1) is 15.3. The average Bonchev–Trinajstić information content (AvgIpc) is 2.79. The Morgan fingerprint density at radius 1 is 1.19 bits per heavy atom. The molecule has 4 rings (SSSR count). The van der Waals surface area contributed by atoms with Gasteiger partial charge in [0.05, 0.1) is 5.92 Å². The van der Waals surface area contributed by atoms with E-state index in [0.29, 0.717) is 24.0 Å². The van der Waals surface area contributed by atoms with Gasteiger partial charge in [0, 0.05) is 42.5 Å². The molecule has 3 heterocycles. The standard InChI is InChI=1S/C23H24N2O6S/c1-15-10-20-18(12-22(26)31-21(20)11-16(15)2)14-30-23(27)17-5-8-25(9-6-17)32(28,29)19-4-3-7-24-13-19/h3-4,7,10-13,17H,5-6,8-9,14H2,1-2H3. The van der Waals surface area contributed by atoms with E-state index in [2.05, 4.69) is 4.98 Å². The molecule has 0 spiro atoms. The van der Waals surface area contributed by atoms with E-state index in [0.717, 1.165) is 16.5 Å². The fraction of sp³-hybridized carbons (Fsp3) is 0.348. The van der Waals surface area contributed by atoms with Crippen LogP contribution in [0.1, 0.15) is 29.5 Å². The predicted molar refractivity (Wildman–Crippen MR) is 117 cm³/mol. The Kier molecular flexibility index (Phi) is 6.12. The molecule has 0 atom stereocenters. The van der Waals surface area contributed by atoms with Crippen molar-refractivity contribution in [3.63, 3.8) is 0 Å². The van der Waals surface area contributed by atoms with Crippen LogP contribution in [-0.4, -0.2) is 36.8 Å². The molecule has 1 fully saturated rings. The first kappa shape index (κ1) is 22.2. The normalized spacial score (nSPS) is 15.7. The third kappa shape index (κ3) is 4.44. The zero-order valence-corrected chi connectivity index (χ0v) is 18.7. The predicted octanol–water partition coefficient (Wildman–Crippen LogP) is 2.95. The molecule has 32 heavy (non-hydrogen) atoms. The number of nitrogens with zero attached hydrogens (tertiary/aromatic N) is 2. The maximum absolute atomic E-state index is 12.7. The summed E-state index contributed by atoms with van der Waals surface area (Å²) in [5.74, 6) is -0.792. The number of esters is 1. The number of carbonyl (C=O) groups excluding carboxylic acids is 1. The molecule has 1 saturated heterocycles. The number of hydrogen-bond acceptors (Lipinski definition) is 7. The second kappa shape index (κ2) is 8.84. The Hall–Kier alpha value is -3.04. The highest BCUT2D eigenvalue weighted by Gasteiger charge is 2.33. The van der Waals surface area contributed by atoms with Gasteiger partial charge in [-0.3, -0.25) is 9.78 Å². The van der Waals surface area contributed by atoms with Crippen LogP contribution in [0.5, 0.6) is 0 Å². The molecule has 8 nitrogen and oxygen atoms in total. The Labute approximate surface area is 185 Å². The molecule has 0 unspecified atom stereocenters. The largest absolute Gasteiger partial charge is 0.461 e. The smallest absolute Gasteiger partial charge is 0.336 e. The van der Waals surface area contributed by atoms with E-state index >= 15 is 0 Å². The number of fused-ring (bicyclic) bond motifs is 1. The van der Waals surface area contributed by atoms with E-state index in [1.54, 1.807) is 12.1 Å². The number of rotatable bonds is 5. The molecule has 0 saturated carbocycles. The minimum absolute atomic E-state index is 0.0440. The van der Waals surface area contributed by atoms with Gasteiger partial charge in [-0.15, -0.1) is 0 Å². The molecule has 0 amide bonds. The maximum atomic E-state index is 12.7. The summed E-state index contributed by atoms with van der Waals surface area (Å²) in [6.07, 6.45) is 3.58. The molecule has 9 heteroatoms. The van der Waals surface area contributed by atoms with E-state index in [9.17, 15) is 18.0 Å². The molecule has 0 aliphatic carbocycles. The molecule has 1 aliphatic rings. The van der Waals surface area contributed by atoms with E-state index in [1.807, 2.05) is 19.9 Å². The van der Waals surface area contributed by atoms with Crippen molar-refractivity contribution in [1.82, 2.24) is 9.29 Å². The van der Waals surface area contributed by atoms with Crippen LogP contribution >= 0.6 is 0 Å². The number of sulfonamides is 1. The first-order valence-corrected chi connectivity index (χ1v) is 11.8. The van der Waals surface area contributed by atoms with Crippen molar-refractivity contribution in [1.29, 1.82) is 0 Å². The zero-order valence-electron chi connectivity index (χ0n) is 17.9. The van der Waals surface area contributed by atoms with Crippen LogP contribution in [0.25, 0.3) is 11.0 Å². The fourth-order valence-electron chi connectivity index (χ4n) is 3.85. The molecule has 168 valence electrons. The lowest BCUT2D eigenvalue weighted by Gasteiger charge is -2.30. The number of carbonyl (C=O) groups is 1. The van der Waals surface area contributed by atoms with Gasteiger partial charge >= 0.3 is 11.6 Å². The summed E-state index contributed by atoms with van der Waals surface area (Å²) < 4.78 is 37.6. The third-order valence-electron chi connectivity index (χ3n) is 5.87. The van der Waals surface area contributed by atoms with Crippen LogP contribution in [0, 0.1) is 19.8 Å². The lowest BCUT2D eigenvalue weighted by molar-refractivity contribution is -0.151. The number of ether oxygens (including phenoxy) is 1. The summed E-state index contributed by atoms with van der Waals surface area (Å²) in [7, 11) is -3.63. The summed E-state index contributed by atoms with van der Waals surface area (Å²) in [6.45, 7) is 4.31. The maximum Gasteiger partial charge on any atom is 0.336 e. The minimum atomic E-state index is -3.63. The van der Waals surface area contributed by atoms with E-state index in [-0.39, 0.29) is 24.6 Å². The first-order valence-electron chi connectivity index (χ1n) is 10.4. The van der Waals surface area contributed by atoms with Crippen LogP contribution in [0.2, 0.25) is 0 Å². The number of pyridine rings is 1. The summed E-state index contributed by atoms with van der Waals surface area (Å²) in [6, 6.07) is 8.14. The molecule has 0 N–H and O–H groups in total. The quantitative estimate of drug-likeness (QED) is 0.429. The van der Waals surface area contributed by atoms with Crippen LogP contribution in [0.3, 0.4) is 0 Å². The molecule has 0 bridgehead atoms. The van der Waals surface area contributed by atoms with E-state index < -0.39 is 27.5 Å². The van der Waals surface area contributed by atoms with Crippen LogP contribution in [-0.2, 0) is 26.2 Å². The van der Waals surface area contributed by atoms with Gasteiger partial charge in [0.2, 0.25) is 10.0 Å². The SMILES string of the molecule is Cc1cc2oc(=O)cc(COC(=O)C3CCN(S(=O)(=O)c4cccnc4)CC3)c2cc1C. The second-order valence-electron chi connectivity index (χ2n) is 8.00. The summed E-state index contributed by atoms with van der Waals surface area (Å²) >= 11 is 0. The fourth-order valence-corrected chi connectivity index (χ4v) is 5.28. The van der Waals surface area contributed by atoms with Gasteiger partial charge in [0.1, 0.15) is 17.1 Å². The van der Waals surface area contributed by atoms with E-state index in [4.69, 9.17) is 9.15 Å². The van der Waals surface area contributed by atoms with Gasteiger partial charge in [-0.05, 0) is 62.1 Å². The lowest BCUT2D eigenvalue weighted by atomic mass is 9.98. The Balaban J connectivity index is 1.41. The highest BCUT2D eigenvalue weighted by molar-refractivity contribution is 7.89. The Morgan fingerprint density at radius 2 is 1.91 bits per heavy atom. The van der Waals surface area contributed by atoms with Crippen molar-refractivity contribution in [3.8, 4) is 0 Å². The van der Waals surface area contributed by atoms with Gasteiger partial charge in [-0.25, -0.2) is 13.2 Å². The average molecular weight is 457 g/mol. The van der Waals surface area contributed by atoms with Crippen molar-refractivity contribution < 1.29 is 22.4 Å². The highest BCUT2D eigenvalue weighted by Crippen LogP contribution is 2.26. The Morgan fingerprint density at radius 3 is 2.59 bits per heavy atom. The van der Waals surface area contributed by atoms with Crippen molar-refractivity contribution in [3.05, 3.63) is 69.8 Å². The monoisotopic (exact) mass is 456 g/mol. The molecular formula is C23H24N2O6S. The van der Waals surface area contributed by atoms with Gasteiger partial charge in [-0.2, -0.15) is 4.31 Å². The number of aromatic nitrogens is 1. The van der Waals surface area contributed by atoms with Gasteiger partial charge in [-0.1, -0.05) is 0 Å². The molecule has 2 aromatic heterocycles. The van der Waals surface area contributed by atoms with Gasteiger partial charge < -0.3 is 9.15 Å². The van der Waals surface area contributed by atoms with Crippen LogP contribution < -0.4 is 5.63 Å². The third-order valence-corrected chi connectivity index (χ3v) is 7.76. The van der Waals surface area contributed by atoms with Crippen LogP contribution in [0.4, 0.5) is 0 Å². The Bertz CT molecular complexity index is 1310. The van der Waals surface area contributed by atoms with E-state index in [1.165, 1.54) is 28.8 Å².